The Morgan fingerprint density at radius 2 is 1.72 bits per heavy atom. The van der Waals surface area contributed by atoms with Gasteiger partial charge in [-0.2, -0.15) is 0 Å². The molecule has 1 atom stereocenters. The third kappa shape index (κ3) is 5.15. The Balaban J connectivity index is 1.92. The minimum absolute atomic E-state index is 0.120. The summed E-state index contributed by atoms with van der Waals surface area (Å²) < 4.78 is 10.5. The Bertz CT molecular complexity index is 766. The fourth-order valence-electron chi connectivity index (χ4n) is 1.95. The van der Waals surface area contributed by atoms with Gasteiger partial charge in [0.25, 0.3) is 5.91 Å². The fraction of sp³-hybridized carbons (Fsp3) is 0.278. The molecule has 0 aliphatic carbocycles. The molecule has 132 valence electrons. The number of hydrogen-bond donors (Lipinski definition) is 1. The van der Waals surface area contributed by atoms with E-state index >= 15 is 0 Å². The minimum atomic E-state index is -0.970. The summed E-state index contributed by atoms with van der Waals surface area (Å²) in [5, 5.41) is 2.67. The highest BCUT2D eigenvalue weighted by Gasteiger charge is 2.20. The maximum absolute atomic E-state index is 12.1. The maximum atomic E-state index is 12.1. The average molecular weight is 361 g/mol. The van der Waals surface area contributed by atoms with Crippen molar-refractivity contribution in [2.75, 3.05) is 11.9 Å². The molecule has 25 heavy (non-hydrogen) atoms. The zero-order valence-corrected chi connectivity index (χ0v) is 15.0. The second-order valence-corrected chi connectivity index (χ2v) is 6.30. The standard InChI is InChI=1S/C18H19NO5S/c1-4-23-14-7-5-13(6-8-14)19-17(21)12(3)24-18(22)16-10-9-15(25-16)11(2)20/h5-10,12H,4H2,1-3H3,(H,19,21). The molecule has 1 heterocycles. The normalized spacial score (nSPS) is 11.5. The molecule has 1 aromatic carbocycles. The molecular weight excluding hydrogens is 342 g/mol. The Hall–Kier alpha value is -2.67. The van der Waals surface area contributed by atoms with Gasteiger partial charge in [0.05, 0.1) is 11.5 Å². The van der Waals surface area contributed by atoms with Gasteiger partial charge in [-0.3, -0.25) is 9.59 Å². The third-order valence-corrected chi connectivity index (χ3v) is 4.41. The lowest BCUT2D eigenvalue weighted by atomic mass is 10.3. The Morgan fingerprint density at radius 1 is 1.08 bits per heavy atom. The molecule has 1 N–H and O–H groups in total. The van der Waals surface area contributed by atoms with E-state index in [1.165, 1.54) is 19.9 Å². The predicted octanol–water partition coefficient (Wildman–Crippen LogP) is 3.53. The largest absolute Gasteiger partial charge is 0.494 e. The SMILES string of the molecule is CCOc1ccc(NC(=O)C(C)OC(=O)c2ccc(C(C)=O)s2)cc1. The van der Waals surface area contributed by atoms with Gasteiger partial charge >= 0.3 is 5.97 Å². The molecule has 1 aromatic heterocycles. The second-order valence-electron chi connectivity index (χ2n) is 5.21. The summed E-state index contributed by atoms with van der Waals surface area (Å²) in [5.74, 6) is -0.489. The number of ether oxygens (including phenoxy) is 2. The van der Waals surface area contributed by atoms with Gasteiger partial charge in [-0.1, -0.05) is 0 Å². The van der Waals surface area contributed by atoms with E-state index in [4.69, 9.17) is 9.47 Å². The number of thiophene rings is 1. The van der Waals surface area contributed by atoms with E-state index in [9.17, 15) is 14.4 Å². The number of benzene rings is 1. The quantitative estimate of drug-likeness (QED) is 0.603. The molecule has 0 fully saturated rings. The van der Waals surface area contributed by atoms with Gasteiger partial charge in [0.1, 0.15) is 10.6 Å². The molecule has 2 aromatic rings. The molecule has 0 radical (unpaired) electrons. The van der Waals surface area contributed by atoms with Crippen LogP contribution in [0.25, 0.3) is 0 Å². The van der Waals surface area contributed by atoms with Crippen molar-refractivity contribution < 1.29 is 23.9 Å². The lowest BCUT2D eigenvalue weighted by Crippen LogP contribution is -2.29. The molecule has 0 bridgehead atoms. The lowest BCUT2D eigenvalue weighted by molar-refractivity contribution is -0.123. The summed E-state index contributed by atoms with van der Waals surface area (Å²) >= 11 is 1.04. The zero-order chi connectivity index (χ0) is 18.4. The van der Waals surface area contributed by atoms with Gasteiger partial charge in [-0.25, -0.2) is 4.79 Å². The average Bonchev–Trinajstić information content (AvgIpc) is 3.07. The molecule has 2 rings (SSSR count). The maximum Gasteiger partial charge on any atom is 0.349 e. The summed E-state index contributed by atoms with van der Waals surface area (Å²) in [6.45, 7) is 5.36. The first kappa shape index (κ1) is 18.7. The number of esters is 1. The zero-order valence-electron chi connectivity index (χ0n) is 14.2. The van der Waals surface area contributed by atoms with Crippen LogP contribution in [0.2, 0.25) is 0 Å². The Kier molecular flexibility index (Phi) is 6.30. The van der Waals surface area contributed by atoms with Gasteiger partial charge in [0.15, 0.2) is 11.9 Å². The van der Waals surface area contributed by atoms with Crippen molar-refractivity contribution in [3.05, 3.63) is 46.2 Å². The molecule has 1 amide bonds. The molecule has 0 aliphatic rings. The van der Waals surface area contributed by atoms with E-state index in [0.717, 1.165) is 11.3 Å². The Labute approximate surface area is 149 Å². The van der Waals surface area contributed by atoms with E-state index in [2.05, 4.69) is 5.32 Å². The molecule has 0 aliphatic heterocycles. The van der Waals surface area contributed by atoms with Crippen molar-refractivity contribution in [3.8, 4) is 5.75 Å². The summed E-state index contributed by atoms with van der Waals surface area (Å²) in [4.78, 5) is 36.2. The first-order valence-electron chi connectivity index (χ1n) is 7.76. The number of carbonyl (C=O) groups excluding carboxylic acids is 3. The van der Waals surface area contributed by atoms with Gasteiger partial charge in [-0.15, -0.1) is 11.3 Å². The van der Waals surface area contributed by atoms with E-state index in [-0.39, 0.29) is 10.7 Å². The van der Waals surface area contributed by atoms with Crippen LogP contribution in [-0.2, 0) is 9.53 Å². The third-order valence-electron chi connectivity index (χ3n) is 3.24. The van der Waals surface area contributed by atoms with Crippen molar-refractivity contribution in [1.82, 2.24) is 0 Å². The Morgan fingerprint density at radius 3 is 2.28 bits per heavy atom. The van der Waals surface area contributed by atoms with Crippen LogP contribution in [0.4, 0.5) is 5.69 Å². The smallest absolute Gasteiger partial charge is 0.349 e. The monoisotopic (exact) mass is 361 g/mol. The van der Waals surface area contributed by atoms with Crippen LogP contribution in [0.3, 0.4) is 0 Å². The van der Waals surface area contributed by atoms with Crippen molar-refractivity contribution in [2.24, 2.45) is 0 Å². The van der Waals surface area contributed by atoms with Crippen LogP contribution < -0.4 is 10.1 Å². The number of rotatable bonds is 7. The summed E-state index contributed by atoms with van der Waals surface area (Å²) in [6.07, 6.45) is -0.970. The summed E-state index contributed by atoms with van der Waals surface area (Å²) in [5.41, 5.74) is 0.575. The van der Waals surface area contributed by atoms with Crippen molar-refractivity contribution in [1.29, 1.82) is 0 Å². The highest BCUT2D eigenvalue weighted by Crippen LogP contribution is 2.19. The first-order valence-corrected chi connectivity index (χ1v) is 8.57. The minimum Gasteiger partial charge on any atom is -0.494 e. The highest BCUT2D eigenvalue weighted by atomic mass is 32.1. The van der Waals surface area contributed by atoms with E-state index in [1.807, 2.05) is 6.92 Å². The summed E-state index contributed by atoms with van der Waals surface area (Å²) in [7, 11) is 0. The van der Waals surface area contributed by atoms with Crippen LogP contribution in [0.15, 0.2) is 36.4 Å². The van der Waals surface area contributed by atoms with Crippen molar-refractivity contribution in [2.45, 2.75) is 26.9 Å². The molecule has 6 nitrogen and oxygen atoms in total. The molecule has 0 saturated heterocycles. The lowest BCUT2D eigenvalue weighted by Gasteiger charge is -2.13. The molecular formula is C18H19NO5S. The number of amides is 1. The van der Waals surface area contributed by atoms with Crippen LogP contribution >= 0.6 is 11.3 Å². The van der Waals surface area contributed by atoms with Crippen molar-refractivity contribution >= 4 is 34.7 Å². The van der Waals surface area contributed by atoms with E-state index in [1.54, 1.807) is 30.3 Å². The van der Waals surface area contributed by atoms with Gasteiger partial charge in [-0.05, 0) is 57.2 Å². The topological polar surface area (TPSA) is 81.7 Å². The molecule has 1 unspecified atom stereocenters. The highest BCUT2D eigenvalue weighted by molar-refractivity contribution is 7.15. The molecule has 0 saturated carbocycles. The van der Waals surface area contributed by atoms with Crippen LogP contribution in [0, 0.1) is 0 Å². The number of hydrogen-bond acceptors (Lipinski definition) is 6. The van der Waals surface area contributed by atoms with E-state index < -0.39 is 18.0 Å². The van der Waals surface area contributed by atoms with Crippen LogP contribution in [0.5, 0.6) is 5.75 Å². The van der Waals surface area contributed by atoms with Gasteiger partial charge in [0.2, 0.25) is 0 Å². The number of Topliss-reactive ketones (excluding diaryl/α,β-unsaturated/α-hetero) is 1. The molecule has 0 spiro atoms. The number of nitrogens with one attached hydrogen (secondary N) is 1. The predicted molar refractivity (Wildman–Crippen MR) is 95.4 cm³/mol. The molecule has 7 heteroatoms. The number of ketones is 1. The van der Waals surface area contributed by atoms with Crippen LogP contribution in [-0.4, -0.2) is 30.4 Å². The summed E-state index contributed by atoms with van der Waals surface area (Å²) in [6, 6.07) is 9.97. The van der Waals surface area contributed by atoms with E-state index in [0.29, 0.717) is 22.9 Å². The van der Waals surface area contributed by atoms with Gasteiger partial charge < -0.3 is 14.8 Å². The number of carbonyl (C=O) groups is 3. The second kappa shape index (κ2) is 8.43. The van der Waals surface area contributed by atoms with Gasteiger partial charge in [0, 0.05) is 5.69 Å². The fourth-order valence-corrected chi connectivity index (χ4v) is 2.74. The first-order chi connectivity index (χ1) is 11.9. The van der Waals surface area contributed by atoms with Crippen molar-refractivity contribution in [3.63, 3.8) is 0 Å². The van der Waals surface area contributed by atoms with Crippen LogP contribution in [0.1, 0.15) is 40.1 Å². The number of anilines is 1.